The lowest BCUT2D eigenvalue weighted by Crippen LogP contribution is -2.24. The van der Waals surface area contributed by atoms with Crippen molar-refractivity contribution >= 4 is 48.5 Å². The Morgan fingerprint density at radius 2 is 1.55 bits per heavy atom. The van der Waals surface area contributed by atoms with E-state index in [9.17, 15) is 31.1 Å². The van der Waals surface area contributed by atoms with E-state index in [0.29, 0.717) is 10.6 Å². The first-order valence-electron chi connectivity index (χ1n) is 10.8. The van der Waals surface area contributed by atoms with Gasteiger partial charge in [0.05, 0.1) is 9.79 Å². The number of aromatic nitrogens is 1. The molecule has 0 saturated carbocycles. The lowest BCUT2D eigenvalue weighted by Gasteiger charge is -2.12. The lowest BCUT2D eigenvalue weighted by molar-refractivity contribution is 0.0948. The highest BCUT2D eigenvalue weighted by Gasteiger charge is 2.22. The van der Waals surface area contributed by atoms with Gasteiger partial charge in [-0.2, -0.15) is 0 Å². The number of nitrogens with one attached hydrogen (secondary N) is 2. The van der Waals surface area contributed by atoms with Crippen molar-refractivity contribution in [2.24, 2.45) is 5.14 Å². The van der Waals surface area contributed by atoms with Crippen molar-refractivity contribution in [3.05, 3.63) is 94.4 Å². The van der Waals surface area contributed by atoms with E-state index in [-0.39, 0.29) is 34.5 Å². The van der Waals surface area contributed by atoms with Gasteiger partial charge in [0, 0.05) is 29.7 Å². The van der Waals surface area contributed by atoms with Crippen LogP contribution in [0, 0.1) is 5.82 Å². The fourth-order valence-electron chi connectivity index (χ4n) is 3.48. The van der Waals surface area contributed by atoms with Gasteiger partial charge in [0.2, 0.25) is 20.0 Å². The van der Waals surface area contributed by atoms with Gasteiger partial charge in [-0.05, 0) is 47.5 Å². The SMILES string of the molecule is NS(=O)(=O)c1ccc(CNS(=O)(=O)c2cc(F)c3ncc(C(=O)NCc4ccc(Cl)cc4)c(O)c3c2)cc1. The number of nitrogens with zero attached hydrogens (tertiary/aromatic N) is 1. The molecule has 5 N–H and O–H groups in total. The number of amides is 1. The monoisotopic (exact) mass is 578 g/mol. The molecule has 0 radical (unpaired) electrons. The van der Waals surface area contributed by atoms with Crippen molar-refractivity contribution in [3.63, 3.8) is 0 Å². The van der Waals surface area contributed by atoms with Crippen molar-refractivity contribution in [1.29, 1.82) is 0 Å². The van der Waals surface area contributed by atoms with Gasteiger partial charge in [0.15, 0.2) is 5.82 Å². The predicted molar refractivity (Wildman–Crippen MR) is 138 cm³/mol. The highest BCUT2D eigenvalue weighted by Crippen LogP contribution is 2.31. The zero-order valence-corrected chi connectivity index (χ0v) is 21.7. The van der Waals surface area contributed by atoms with Crippen LogP contribution < -0.4 is 15.2 Å². The second-order valence-corrected chi connectivity index (χ2v) is 11.9. The van der Waals surface area contributed by atoms with Crippen molar-refractivity contribution in [2.45, 2.75) is 22.9 Å². The maximum absolute atomic E-state index is 14.8. The van der Waals surface area contributed by atoms with E-state index in [2.05, 4.69) is 15.0 Å². The highest BCUT2D eigenvalue weighted by atomic mass is 35.5. The third-order valence-electron chi connectivity index (χ3n) is 5.51. The van der Waals surface area contributed by atoms with Gasteiger partial charge in [-0.3, -0.25) is 9.78 Å². The largest absolute Gasteiger partial charge is 0.506 e. The molecule has 0 aliphatic rings. The number of aromatic hydroxyl groups is 1. The van der Waals surface area contributed by atoms with Crippen LogP contribution in [0.25, 0.3) is 10.9 Å². The second-order valence-electron chi connectivity index (χ2n) is 8.14. The number of rotatable bonds is 8. The molecule has 38 heavy (non-hydrogen) atoms. The zero-order chi connectivity index (χ0) is 27.7. The van der Waals surface area contributed by atoms with Crippen LogP contribution >= 0.6 is 11.6 Å². The maximum atomic E-state index is 14.8. The normalized spacial score (nSPS) is 12.0. The third-order valence-corrected chi connectivity index (χ3v) is 8.07. The fraction of sp³-hybridized carbons (Fsp3) is 0.0833. The predicted octanol–water partition coefficient (Wildman–Crippen LogP) is 2.79. The van der Waals surface area contributed by atoms with E-state index in [1.165, 1.54) is 24.3 Å². The molecule has 0 bridgehead atoms. The quantitative estimate of drug-likeness (QED) is 0.249. The Hall–Kier alpha value is -3.62. The number of pyridine rings is 1. The third kappa shape index (κ3) is 6.09. The van der Waals surface area contributed by atoms with Crippen LogP contribution in [-0.2, 0) is 33.1 Å². The summed E-state index contributed by atoms with van der Waals surface area (Å²) in [7, 11) is -8.20. The summed E-state index contributed by atoms with van der Waals surface area (Å²) in [5.74, 6) is -2.37. The average Bonchev–Trinajstić information content (AvgIpc) is 2.87. The number of fused-ring (bicyclic) bond motifs is 1. The number of hydrogen-bond acceptors (Lipinski definition) is 7. The first kappa shape index (κ1) is 27.4. The molecule has 0 atom stereocenters. The van der Waals surface area contributed by atoms with Crippen LogP contribution in [0.3, 0.4) is 0 Å². The fourth-order valence-corrected chi connectivity index (χ4v) is 5.18. The summed E-state index contributed by atoms with van der Waals surface area (Å²) in [6.45, 7) is -0.136. The van der Waals surface area contributed by atoms with E-state index in [0.717, 1.165) is 23.9 Å². The first-order chi connectivity index (χ1) is 17.8. The lowest BCUT2D eigenvalue weighted by atomic mass is 10.1. The van der Waals surface area contributed by atoms with Crippen LogP contribution in [0.15, 0.2) is 76.7 Å². The number of carbonyl (C=O) groups is 1. The number of carbonyl (C=O) groups excluding carboxylic acids is 1. The van der Waals surface area contributed by atoms with E-state index in [4.69, 9.17) is 16.7 Å². The molecule has 10 nitrogen and oxygen atoms in total. The smallest absolute Gasteiger partial charge is 0.256 e. The minimum Gasteiger partial charge on any atom is -0.506 e. The molecule has 0 unspecified atom stereocenters. The van der Waals surface area contributed by atoms with Gasteiger partial charge in [0.1, 0.15) is 16.8 Å². The topological polar surface area (TPSA) is 169 Å². The van der Waals surface area contributed by atoms with Crippen molar-refractivity contribution in [2.75, 3.05) is 0 Å². The highest BCUT2D eigenvalue weighted by molar-refractivity contribution is 7.89. The molecule has 14 heteroatoms. The molecule has 198 valence electrons. The summed E-state index contributed by atoms with van der Waals surface area (Å²) >= 11 is 5.84. The minimum atomic E-state index is -4.29. The van der Waals surface area contributed by atoms with Crippen LogP contribution in [0.4, 0.5) is 4.39 Å². The number of hydrogen-bond donors (Lipinski definition) is 4. The van der Waals surface area contributed by atoms with Gasteiger partial charge < -0.3 is 10.4 Å². The summed E-state index contributed by atoms with van der Waals surface area (Å²) in [4.78, 5) is 15.9. The number of benzene rings is 3. The van der Waals surface area contributed by atoms with Gasteiger partial charge >= 0.3 is 0 Å². The molecule has 1 amide bonds. The van der Waals surface area contributed by atoms with Gasteiger partial charge in [-0.25, -0.2) is 31.1 Å². The Labute approximate surface area is 222 Å². The first-order valence-corrected chi connectivity index (χ1v) is 14.2. The average molecular weight is 579 g/mol. The zero-order valence-electron chi connectivity index (χ0n) is 19.4. The van der Waals surface area contributed by atoms with E-state index in [1.807, 2.05) is 0 Å². The summed E-state index contributed by atoms with van der Waals surface area (Å²) in [5.41, 5.74) is 0.546. The minimum absolute atomic E-state index is 0.109. The number of nitrogens with two attached hydrogens (primary N) is 1. The Kier molecular flexibility index (Phi) is 7.67. The molecular formula is C24H20ClFN4O6S2. The summed E-state index contributed by atoms with van der Waals surface area (Å²) in [5, 5.41) is 18.6. The van der Waals surface area contributed by atoms with Crippen LogP contribution in [-0.4, -0.2) is 32.8 Å². The standard InChI is InChI=1S/C24H20ClFN4O6S2/c25-16-5-1-14(2-6-16)11-29-24(32)20-13-28-22-19(23(20)31)9-18(10-21(22)26)38(35,36)30-12-15-3-7-17(8-4-15)37(27,33)34/h1-10,13,30H,11-12H2,(H,28,31)(H,29,32)(H2,27,33,34). The molecule has 0 saturated heterocycles. The summed E-state index contributed by atoms with van der Waals surface area (Å²) < 4.78 is 65.5. The summed E-state index contributed by atoms with van der Waals surface area (Å²) in [6, 6.07) is 13.6. The molecule has 0 spiro atoms. The summed E-state index contributed by atoms with van der Waals surface area (Å²) in [6.07, 6.45) is 0.996. The van der Waals surface area contributed by atoms with Crippen molar-refractivity contribution in [1.82, 2.24) is 15.0 Å². The molecule has 3 aromatic carbocycles. The van der Waals surface area contributed by atoms with E-state index < -0.39 is 42.4 Å². The van der Waals surface area contributed by atoms with E-state index in [1.54, 1.807) is 24.3 Å². The van der Waals surface area contributed by atoms with Crippen LogP contribution in [0.1, 0.15) is 21.5 Å². The Balaban J connectivity index is 1.57. The number of primary sulfonamides is 1. The van der Waals surface area contributed by atoms with E-state index >= 15 is 0 Å². The van der Waals surface area contributed by atoms with Crippen molar-refractivity contribution in [3.8, 4) is 5.75 Å². The molecule has 1 heterocycles. The Morgan fingerprint density at radius 3 is 2.18 bits per heavy atom. The Bertz CT molecular complexity index is 1750. The Morgan fingerprint density at radius 1 is 0.947 bits per heavy atom. The molecule has 0 aliphatic heterocycles. The van der Waals surface area contributed by atoms with Crippen LogP contribution in [0.2, 0.25) is 5.02 Å². The van der Waals surface area contributed by atoms with Crippen LogP contribution in [0.5, 0.6) is 5.75 Å². The number of halogens is 2. The molecular weight excluding hydrogens is 559 g/mol. The molecule has 1 aromatic heterocycles. The second kappa shape index (κ2) is 10.6. The molecule has 4 rings (SSSR count). The number of sulfonamides is 2. The van der Waals surface area contributed by atoms with Gasteiger partial charge in [0.25, 0.3) is 5.91 Å². The van der Waals surface area contributed by atoms with Crippen molar-refractivity contribution < 1.29 is 31.1 Å². The van der Waals surface area contributed by atoms with Gasteiger partial charge in [-0.1, -0.05) is 35.9 Å². The molecule has 0 aliphatic carbocycles. The molecule has 4 aromatic rings. The molecule has 0 fully saturated rings. The maximum Gasteiger partial charge on any atom is 0.256 e. The van der Waals surface area contributed by atoms with Gasteiger partial charge in [-0.15, -0.1) is 0 Å².